The molecular weight excluding hydrogens is 230 g/mol. The lowest BCUT2D eigenvalue weighted by Crippen LogP contribution is -2.25. The standard InChI is InChI=1S/C14H19NOS/c1-12-5-4-9-15(12)11-14-8-7-13(17-14)6-2-3-10-16/h7-8,12,16H,3-5,9-11H2,1H3. The molecule has 0 amide bonds. The summed E-state index contributed by atoms with van der Waals surface area (Å²) in [6.07, 6.45) is 3.22. The van der Waals surface area contributed by atoms with E-state index >= 15 is 0 Å². The van der Waals surface area contributed by atoms with Crippen molar-refractivity contribution in [3.63, 3.8) is 0 Å². The molecule has 0 bridgehead atoms. The number of hydrogen-bond donors (Lipinski definition) is 1. The predicted octanol–water partition coefficient (Wildman–Crippen LogP) is 2.47. The average molecular weight is 249 g/mol. The highest BCUT2D eigenvalue weighted by molar-refractivity contribution is 7.12. The lowest BCUT2D eigenvalue weighted by Gasteiger charge is -2.19. The van der Waals surface area contributed by atoms with Gasteiger partial charge in [-0.15, -0.1) is 11.3 Å². The number of thiophene rings is 1. The van der Waals surface area contributed by atoms with Gasteiger partial charge in [0.05, 0.1) is 11.5 Å². The molecule has 0 saturated carbocycles. The largest absolute Gasteiger partial charge is 0.395 e. The second-order valence-corrected chi connectivity index (χ2v) is 5.67. The van der Waals surface area contributed by atoms with Gasteiger partial charge in [-0.3, -0.25) is 4.90 Å². The summed E-state index contributed by atoms with van der Waals surface area (Å²) in [5.74, 6) is 6.06. The van der Waals surface area contributed by atoms with Crippen molar-refractivity contribution >= 4 is 11.3 Å². The Hall–Kier alpha value is -0.820. The van der Waals surface area contributed by atoms with Gasteiger partial charge >= 0.3 is 0 Å². The van der Waals surface area contributed by atoms with Crippen LogP contribution in [0.25, 0.3) is 0 Å². The SMILES string of the molecule is CC1CCCN1Cc1ccc(C#CCCO)s1. The molecule has 1 aromatic heterocycles. The number of hydrogen-bond acceptors (Lipinski definition) is 3. The maximum Gasteiger partial charge on any atom is 0.0771 e. The summed E-state index contributed by atoms with van der Waals surface area (Å²) < 4.78 is 0. The molecule has 3 heteroatoms. The molecule has 92 valence electrons. The number of rotatable bonds is 3. The minimum atomic E-state index is 0.149. The predicted molar refractivity (Wildman–Crippen MR) is 72.0 cm³/mol. The highest BCUT2D eigenvalue weighted by Gasteiger charge is 2.20. The van der Waals surface area contributed by atoms with Crippen LogP contribution in [0.3, 0.4) is 0 Å². The lowest BCUT2D eigenvalue weighted by atomic mass is 10.2. The third-order valence-corrected chi connectivity index (χ3v) is 4.14. The van der Waals surface area contributed by atoms with Gasteiger partial charge in [0.15, 0.2) is 0 Å². The van der Waals surface area contributed by atoms with E-state index in [0.29, 0.717) is 6.42 Å². The first-order chi connectivity index (χ1) is 8.29. The van der Waals surface area contributed by atoms with E-state index in [1.807, 2.05) is 0 Å². The minimum absolute atomic E-state index is 0.149. The first-order valence-electron chi connectivity index (χ1n) is 6.22. The van der Waals surface area contributed by atoms with E-state index in [4.69, 9.17) is 5.11 Å². The highest BCUT2D eigenvalue weighted by Crippen LogP contribution is 2.23. The molecule has 1 saturated heterocycles. The summed E-state index contributed by atoms with van der Waals surface area (Å²) in [5, 5.41) is 8.66. The van der Waals surface area contributed by atoms with Crippen LogP contribution in [0, 0.1) is 11.8 Å². The van der Waals surface area contributed by atoms with Crippen LogP contribution in [0.4, 0.5) is 0 Å². The quantitative estimate of drug-likeness (QED) is 0.832. The Bertz CT molecular complexity index is 415. The van der Waals surface area contributed by atoms with Gasteiger partial charge in [0.2, 0.25) is 0 Å². The monoisotopic (exact) mass is 249 g/mol. The van der Waals surface area contributed by atoms with E-state index in [9.17, 15) is 0 Å². The van der Waals surface area contributed by atoms with Crippen molar-refractivity contribution < 1.29 is 5.11 Å². The normalized spacial score (nSPS) is 20.2. The van der Waals surface area contributed by atoms with E-state index in [1.165, 1.54) is 24.3 Å². The Labute approximate surface area is 107 Å². The fourth-order valence-corrected chi connectivity index (χ4v) is 3.07. The smallest absolute Gasteiger partial charge is 0.0771 e. The first-order valence-corrected chi connectivity index (χ1v) is 7.04. The summed E-state index contributed by atoms with van der Waals surface area (Å²) in [7, 11) is 0. The first kappa shape index (κ1) is 12.6. The number of likely N-dealkylation sites (tertiary alicyclic amines) is 1. The maximum atomic E-state index is 8.66. The zero-order valence-electron chi connectivity index (χ0n) is 10.3. The van der Waals surface area contributed by atoms with Crippen LogP contribution < -0.4 is 0 Å². The van der Waals surface area contributed by atoms with Crippen LogP contribution in [0.5, 0.6) is 0 Å². The molecule has 1 aliphatic rings. The van der Waals surface area contributed by atoms with Crippen LogP contribution in [0.15, 0.2) is 12.1 Å². The van der Waals surface area contributed by atoms with Gasteiger partial charge in [-0.1, -0.05) is 11.8 Å². The van der Waals surface area contributed by atoms with Gasteiger partial charge in [0, 0.05) is 23.9 Å². The second kappa shape index (κ2) is 6.20. The molecule has 0 radical (unpaired) electrons. The Balaban J connectivity index is 1.92. The molecule has 1 N–H and O–H groups in total. The third-order valence-electron chi connectivity index (χ3n) is 3.16. The van der Waals surface area contributed by atoms with Crippen LogP contribution in [-0.2, 0) is 6.54 Å². The highest BCUT2D eigenvalue weighted by atomic mass is 32.1. The Morgan fingerprint density at radius 2 is 2.41 bits per heavy atom. The third kappa shape index (κ3) is 3.57. The average Bonchev–Trinajstić information content (AvgIpc) is 2.91. The van der Waals surface area contributed by atoms with Crippen molar-refractivity contribution in [2.75, 3.05) is 13.2 Å². The topological polar surface area (TPSA) is 23.5 Å². The van der Waals surface area contributed by atoms with Gasteiger partial charge in [0.25, 0.3) is 0 Å². The summed E-state index contributed by atoms with van der Waals surface area (Å²) in [4.78, 5) is 5.05. The van der Waals surface area contributed by atoms with Crippen LogP contribution >= 0.6 is 11.3 Å². The molecular formula is C14H19NOS. The van der Waals surface area contributed by atoms with Gasteiger partial charge in [-0.25, -0.2) is 0 Å². The minimum Gasteiger partial charge on any atom is -0.395 e. The molecule has 1 atom stereocenters. The summed E-state index contributed by atoms with van der Waals surface area (Å²) >= 11 is 1.78. The molecule has 1 unspecified atom stereocenters. The second-order valence-electron chi connectivity index (χ2n) is 4.50. The van der Waals surface area contributed by atoms with Crippen LogP contribution in [0.2, 0.25) is 0 Å². The molecule has 1 aliphatic heterocycles. The van der Waals surface area contributed by atoms with E-state index in [1.54, 1.807) is 11.3 Å². The zero-order valence-corrected chi connectivity index (χ0v) is 11.1. The van der Waals surface area contributed by atoms with Crippen LogP contribution in [-0.4, -0.2) is 29.2 Å². The Kier molecular flexibility index (Phi) is 4.61. The summed E-state index contributed by atoms with van der Waals surface area (Å²) in [6.45, 7) is 4.75. The van der Waals surface area contributed by atoms with Gasteiger partial charge < -0.3 is 5.11 Å². The Morgan fingerprint density at radius 3 is 3.12 bits per heavy atom. The Morgan fingerprint density at radius 1 is 1.53 bits per heavy atom. The molecule has 2 heterocycles. The van der Waals surface area contributed by atoms with E-state index in [2.05, 4.69) is 35.8 Å². The van der Waals surface area contributed by atoms with Crippen molar-refractivity contribution in [1.82, 2.24) is 4.90 Å². The summed E-state index contributed by atoms with van der Waals surface area (Å²) in [6, 6.07) is 4.99. The van der Waals surface area contributed by atoms with Gasteiger partial charge in [0.1, 0.15) is 0 Å². The van der Waals surface area contributed by atoms with Crippen molar-refractivity contribution in [3.8, 4) is 11.8 Å². The van der Waals surface area contributed by atoms with Crippen molar-refractivity contribution in [2.45, 2.75) is 38.8 Å². The fraction of sp³-hybridized carbons (Fsp3) is 0.571. The molecule has 0 aliphatic carbocycles. The maximum absolute atomic E-state index is 8.66. The molecule has 1 aromatic rings. The van der Waals surface area contributed by atoms with Crippen molar-refractivity contribution in [1.29, 1.82) is 0 Å². The summed E-state index contributed by atoms with van der Waals surface area (Å²) in [5.41, 5.74) is 0. The van der Waals surface area contributed by atoms with E-state index in [0.717, 1.165) is 17.5 Å². The number of aliphatic hydroxyl groups is 1. The molecule has 0 spiro atoms. The number of nitrogens with zero attached hydrogens (tertiary/aromatic N) is 1. The van der Waals surface area contributed by atoms with Gasteiger partial charge in [-0.05, 0) is 38.4 Å². The van der Waals surface area contributed by atoms with Gasteiger partial charge in [-0.2, -0.15) is 0 Å². The molecule has 17 heavy (non-hydrogen) atoms. The lowest BCUT2D eigenvalue weighted by molar-refractivity contribution is 0.262. The van der Waals surface area contributed by atoms with E-state index in [-0.39, 0.29) is 6.61 Å². The number of aliphatic hydroxyl groups excluding tert-OH is 1. The molecule has 1 fully saturated rings. The fourth-order valence-electron chi connectivity index (χ4n) is 2.16. The van der Waals surface area contributed by atoms with Crippen LogP contribution in [0.1, 0.15) is 35.9 Å². The van der Waals surface area contributed by atoms with E-state index < -0.39 is 0 Å². The molecule has 2 nitrogen and oxygen atoms in total. The molecule has 2 rings (SSSR count). The zero-order chi connectivity index (χ0) is 12.1. The van der Waals surface area contributed by atoms with Crippen molar-refractivity contribution in [3.05, 3.63) is 21.9 Å². The molecule has 0 aromatic carbocycles. The van der Waals surface area contributed by atoms with Crippen molar-refractivity contribution in [2.24, 2.45) is 0 Å².